The van der Waals surface area contributed by atoms with Gasteiger partial charge in [-0.2, -0.15) is 0 Å². The maximum Gasteiger partial charge on any atom is 0.140 e. The van der Waals surface area contributed by atoms with Crippen molar-refractivity contribution in [2.45, 2.75) is 45.2 Å². The van der Waals surface area contributed by atoms with Crippen LogP contribution in [0.5, 0.6) is 0 Å². The number of hydrogen-bond donors (Lipinski definition) is 1. The van der Waals surface area contributed by atoms with E-state index < -0.39 is 0 Å². The summed E-state index contributed by atoms with van der Waals surface area (Å²) in [5, 5.41) is 1.17. The van der Waals surface area contributed by atoms with Crippen molar-refractivity contribution >= 4 is 10.9 Å². The fraction of sp³-hybridized carbons (Fsp3) is 0.400. The van der Waals surface area contributed by atoms with Gasteiger partial charge in [0.25, 0.3) is 0 Å². The summed E-state index contributed by atoms with van der Waals surface area (Å²) in [5.41, 5.74) is 9.63. The first-order valence-corrected chi connectivity index (χ1v) is 8.84. The molecule has 2 aromatic heterocycles. The van der Waals surface area contributed by atoms with Gasteiger partial charge in [0, 0.05) is 42.1 Å². The van der Waals surface area contributed by atoms with E-state index in [0.29, 0.717) is 12.0 Å². The van der Waals surface area contributed by atoms with Crippen LogP contribution >= 0.6 is 0 Å². The third-order valence-electron chi connectivity index (χ3n) is 5.21. The van der Waals surface area contributed by atoms with Crippen LogP contribution in [0, 0.1) is 12.8 Å². The van der Waals surface area contributed by atoms with E-state index >= 15 is 0 Å². The number of rotatable bonds is 3. The topological polar surface area (TPSA) is 56.7 Å². The quantitative estimate of drug-likeness (QED) is 0.795. The van der Waals surface area contributed by atoms with Crippen molar-refractivity contribution in [2.75, 3.05) is 0 Å². The molecule has 124 valence electrons. The predicted octanol–water partition coefficient (Wildman–Crippen LogP) is 3.92. The highest BCUT2D eigenvalue weighted by Crippen LogP contribution is 2.32. The second kappa shape index (κ2) is 6.36. The Balaban J connectivity index is 1.74. The van der Waals surface area contributed by atoms with Crippen LogP contribution in [0.2, 0.25) is 0 Å². The third kappa shape index (κ3) is 2.82. The number of nitrogens with two attached hydrogens (primary N) is 1. The maximum atomic E-state index is 6.17. The van der Waals surface area contributed by atoms with E-state index in [0.717, 1.165) is 24.3 Å². The van der Waals surface area contributed by atoms with Crippen molar-refractivity contribution in [1.29, 1.82) is 0 Å². The minimum Gasteiger partial charge on any atom is -0.331 e. The second-order valence-corrected chi connectivity index (χ2v) is 7.02. The fourth-order valence-electron chi connectivity index (χ4n) is 4.02. The Labute approximate surface area is 142 Å². The molecular weight excluding hydrogens is 296 g/mol. The average Bonchev–Trinajstić information content (AvgIpc) is 3.02. The van der Waals surface area contributed by atoms with Crippen LogP contribution < -0.4 is 5.73 Å². The summed E-state index contributed by atoms with van der Waals surface area (Å²) in [7, 11) is 0. The van der Waals surface area contributed by atoms with Crippen LogP contribution in [0.4, 0.5) is 0 Å². The summed E-state index contributed by atoms with van der Waals surface area (Å²) < 4.78 is 2.30. The summed E-state index contributed by atoms with van der Waals surface area (Å²) in [5.74, 6) is 1.69. The van der Waals surface area contributed by atoms with E-state index in [4.69, 9.17) is 5.73 Å². The number of aromatic nitrogens is 3. The molecule has 1 fully saturated rings. The zero-order valence-corrected chi connectivity index (χ0v) is 14.2. The van der Waals surface area contributed by atoms with Crippen LogP contribution in [0.3, 0.4) is 0 Å². The number of benzene rings is 1. The molecule has 0 unspecified atom stereocenters. The molecule has 1 aliphatic carbocycles. The molecule has 2 heterocycles. The molecule has 1 aliphatic rings. The van der Waals surface area contributed by atoms with E-state index in [1.807, 2.05) is 18.5 Å². The summed E-state index contributed by atoms with van der Waals surface area (Å²) >= 11 is 0. The van der Waals surface area contributed by atoms with Crippen LogP contribution in [0.1, 0.15) is 31.2 Å². The van der Waals surface area contributed by atoms with Gasteiger partial charge in [-0.1, -0.05) is 18.6 Å². The molecule has 2 N–H and O–H groups in total. The molecule has 2 atom stereocenters. The minimum atomic E-state index is 0.360. The summed E-state index contributed by atoms with van der Waals surface area (Å²) in [6.07, 6.45) is 10.7. The van der Waals surface area contributed by atoms with Gasteiger partial charge in [-0.15, -0.1) is 0 Å². The van der Waals surface area contributed by atoms with E-state index in [2.05, 4.69) is 45.9 Å². The number of nitrogens with zero attached hydrogens (tertiary/aromatic N) is 3. The molecule has 1 aromatic carbocycles. The Morgan fingerprint density at radius 1 is 1.17 bits per heavy atom. The Morgan fingerprint density at radius 2 is 2.08 bits per heavy atom. The number of pyridine rings is 1. The molecule has 4 nitrogen and oxygen atoms in total. The van der Waals surface area contributed by atoms with Crippen molar-refractivity contribution < 1.29 is 0 Å². The second-order valence-electron chi connectivity index (χ2n) is 7.02. The van der Waals surface area contributed by atoms with Crippen LogP contribution in [0.25, 0.3) is 22.3 Å². The highest BCUT2D eigenvalue weighted by molar-refractivity contribution is 5.94. The van der Waals surface area contributed by atoms with Crippen LogP contribution in [0.15, 0.2) is 42.9 Å². The predicted molar refractivity (Wildman–Crippen MR) is 97.6 cm³/mol. The molecule has 0 radical (unpaired) electrons. The number of imidazole rings is 1. The van der Waals surface area contributed by atoms with Gasteiger partial charge in [-0.05, 0) is 49.8 Å². The summed E-state index contributed by atoms with van der Waals surface area (Å²) in [6.45, 7) is 3.15. The fourth-order valence-corrected chi connectivity index (χ4v) is 4.02. The first-order chi connectivity index (χ1) is 11.7. The molecule has 4 rings (SSSR count). The Bertz CT molecular complexity index is 852. The van der Waals surface area contributed by atoms with Gasteiger partial charge in [0.1, 0.15) is 5.82 Å². The zero-order valence-electron chi connectivity index (χ0n) is 14.2. The van der Waals surface area contributed by atoms with Gasteiger partial charge in [-0.25, -0.2) is 4.98 Å². The van der Waals surface area contributed by atoms with Gasteiger partial charge in [0.05, 0.1) is 5.52 Å². The lowest BCUT2D eigenvalue weighted by Gasteiger charge is -2.27. The smallest absolute Gasteiger partial charge is 0.140 e. The largest absolute Gasteiger partial charge is 0.331 e. The molecule has 1 saturated carbocycles. The zero-order chi connectivity index (χ0) is 16.5. The van der Waals surface area contributed by atoms with Gasteiger partial charge >= 0.3 is 0 Å². The highest BCUT2D eigenvalue weighted by atomic mass is 15.1. The van der Waals surface area contributed by atoms with E-state index in [9.17, 15) is 0 Å². The minimum absolute atomic E-state index is 0.360. The summed E-state index contributed by atoms with van der Waals surface area (Å²) in [6, 6.07) is 8.72. The lowest BCUT2D eigenvalue weighted by Crippen LogP contribution is -2.29. The average molecular weight is 320 g/mol. The Hall–Kier alpha value is -2.20. The van der Waals surface area contributed by atoms with E-state index in [1.54, 1.807) is 0 Å². The van der Waals surface area contributed by atoms with Gasteiger partial charge < -0.3 is 10.3 Å². The maximum absolute atomic E-state index is 6.17. The number of hydrogen-bond acceptors (Lipinski definition) is 3. The van der Waals surface area contributed by atoms with Crippen LogP contribution in [-0.4, -0.2) is 20.6 Å². The molecule has 0 spiro atoms. The normalized spacial score (nSPS) is 21.2. The molecular formula is C20H24N4. The Morgan fingerprint density at radius 3 is 2.96 bits per heavy atom. The monoisotopic (exact) mass is 320 g/mol. The molecule has 0 amide bonds. The van der Waals surface area contributed by atoms with Crippen molar-refractivity contribution in [2.24, 2.45) is 11.7 Å². The standard InChI is InChI=1S/C20H24N4/c1-14-7-8-18-17(6-3-9-22-18)19(14)20-23-10-11-24(20)13-15-4-2-5-16(21)12-15/h3,6-11,15-16H,2,4-5,12-13,21H2,1H3/t15-,16+/m1/s1. The Kier molecular flexibility index (Phi) is 4.07. The lowest BCUT2D eigenvalue weighted by atomic mass is 9.86. The number of aryl methyl sites for hydroxylation is 1. The van der Waals surface area contributed by atoms with Gasteiger partial charge in [0.15, 0.2) is 0 Å². The molecule has 24 heavy (non-hydrogen) atoms. The van der Waals surface area contributed by atoms with Crippen molar-refractivity contribution in [3.63, 3.8) is 0 Å². The van der Waals surface area contributed by atoms with Gasteiger partial charge in [0.2, 0.25) is 0 Å². The first kappa shape index (κ1) is 15.3. The first-order valence-electron chi connectivity index (χ1n) is 8.84. The number of fused-ring (bicyclic) bond motifs is 1. The van der Waals surface area contributed by atoms with E-state index in [1.165, 1.54) is 35.8 Å². The van der Waals surface area contributed by atoms with Crippen molar-refractivity contribution in [1.82, 2.24) is 14.5 Å². The van der Waals surface area contributed by atoms with Crippen molar-refractivity contribution in [3.8, 4) is 11.4 Å². The van der Waals surface area contributed by atoms with Crippen molar-refractivity contribution in [3.05, 3.63) is 48.4 Å². The summed E-state index contributed by atoms with van der Waals surface area (Å²) in [4.78, 5) is 9.18. The van der Waals surface area contributed by atoms with Gasteiger partial charge in [-0.3, -0.25) is 4.98 Å². The third-order valence-corrected chi connectivity index (χ3v) is 5.21. The lowest BCUT2D eigenvalue weighted by molar-refractivity contribution is 0.291. The van der Waals surface area contributed by atoms with Crippen LogP contribution in [-0.2, 0) is 6.54 Å². The highest BCUT2D eigenvalue weighted by Gasteiger charge is 2.21. The van der Waals surface area contributed by atoms with E-state index in [-0.39, 0.29) is 0 Å². The molecule has 0 aliphatic heterocycles. The molecule has 4 heteroatoms. The molecule has 3 aromatic rings. The SMILES string of the molecule is Cc1ccc2ncccc2c1-c1nccn1C[C@@H]1CCC[C@H](N)C1. The molecule has 0 saturated heterocycles. The molecule has 0 bridgehead atoms.